The number of nitrogens with zero attached hydrogens (tertiary/aromatic N) is 2. The topological polar surface area (TPSA) is 46.3 Å². The molecule has 5 heteroatoms. The normalized spacial score (nSPS) is 16.1. The summed E-state index contributed by atoms with van der Waals surface area (Å²) in [6, 6.07) is 10.2. The van der Waals surface area contributed by atoms with E-state index >= 15 is 0 Å². The van der Waals surface area contributed by atoms with Gasteiger partial charge in [-0.25, -0.2) is 0 Å². The highest BCUT2D eigenvalue weighted by Gasteiger charge is 2.23. The average Bonchev–Trinajstić information content (AvgIpc) is 3.04. The Morgan fingerprint density at radius 2 is 1.88 bits per heavy atom. The van der Waals surface area contributed by atoms with E-state index in [1.807, 2.05) is 49.2 Å². The van der Waals surface area contributed by atoms with Crippen molar-refractivity contribution in [3.8, 4) is 0 Å². The Kier molecular flexibility index (Phi) is 6.78. The third kappa shape index (κ3) is 4.91. The molecule has 3 rings (SSSR count). The van der Waals surface area contributed by atoms with Crippen molar-refractivity contribution in [2.75, 3.05) is 7.05 Å². The maximum Gasteiger partial charge on any atom is 0.254 e. The highest BCUT2D eigenvalue weighted by Crippen LogP contribution is 2.29. The molecule has 1 aliphatic rings. The van der Waals surface area contributed by atoms with Crippen LogP contribution < -0.4 is 0 Å². The predicted molar refractivity (Wildman–Crippen MR) is 105 cm³/mol. The van der Waals surface area contributed by atoms with E-state index in [0.29, 0.717) is 11.8 Å². The van der Waals surface area contributed by atoms with E-state index in [0.717, 1.165) is 34.8 Å². The highest BCUT2D eigenvalue weighted by molar-refractivity contribution is 7.98. The zero-order valence-corrected chi connectivity index (χ0v) is 16.6. The third-order valence-corrected chi connectivity index (χ3v) is 6.20. The molecule has 0 bridgehead atoms. The number of rotatable bonds is 5. The number of hydrogen-bond donors (Lipinski definition) is 0. The van der Waals surface area contributed by atoms with E-state index in [4.69, 9.17) is 4.52 Å². The number of amides is 1. The molecule has 1 heterocycles. The maximum atomic E-state index is 13.2. The summed E-state index contributed by atoms with van der Waals surface area (Å²) in [5, 5.41) is 3.93. The Hall–Kier alpha value is -1.75. The van der Waals surface area contributed by atoms with E-state index in [-0.39, 0.29) is 5.91 Å². The molecule has 0 radical (unpaired) electrons. The van der Waals surface area contributed by atoms with Gasteiger partial charge in [0, 0.05) is 24.1 Å². The van der Waals surface area contributed by atoms with Gasteiger partial charge in [0.05, 0.1) is 17.0 Å². The molecular formula is C21H28N2O2S. The van der Waals surface area contributed by atoms with Crippen molar-refractivity contribution >= 4 is 17.7 Å². The molecule has 1 amide bonds. The van der Waals surface area contributed by atoms with Gasteiger partial charge in [-0.1, -0.05) is 49.4 Å². The fourth-order valence-electron chi connectivity index (χ4n) is 3.58. The summed E-state index contributed by atoms with van der Waals surface area (Å²) in [7, 11) is 1.97. The van der Waals surface area contributed by atoms with Crippen LogP contribution in [0.1, 0.15) is 66.8 Å². The lowest BCUT2D eigenvalue weighted by Gasteiger charge is -2.30. The van der Waals surface area contributed by atoms with E-state index in [1.165, 1.54) is 32.1 Å². The summed E-state index contributed by atoms with van der Waals surface area (Å²) in [6.07, 6.45) is 8.62. The first-order valence-electron chi connectivity index (χ1n) is 9.56. The Balaban J connectivity index is 1.69. The van der Waals surface area contributed by atoms with Crippen LogP contribution in [0.4, 0.5) is 0 Å². The molecule has 1 aromatic carbocycles. The van der Waals surface area contributed by atoms with Crippen LogP contribution in [0, 0.1) is 6.92 Å². The Labute approximate surface area is 160 Å². The predicted octanol–water partition coefficient (Wildman–Crippen LogP) is 5.46. The number of carbonyl (C=O) groups is 1. The van der Waals surface area contributed by atoms with Crippen molar-refractivity contribution in [3.63, 3.8) is 0 Å². The minimum Gasteiger partial charge on any atom is -0.360 e. The summed E-state index contributed by atoms with van der Waals surface area (Å²) in [5.41, 5.74) is 1.67. The zero-order valence-electron chi connectivity index (χ0n) is 15.7. The van der Waals surface area contributed by atoms with Gasteiger partial charge in [-0.15, -0.1) is 11.8 Å². The van der Waals surface area contributed by atoms with Crippen molar-refractivity contribution in [1.29, 1.82) is 0 Å². The van der Waals surface area contributed by atoms with E-state index in [9.17, 15) is 4.79 Å². The van der Waals surface area contributed by atoms with Crippen molar-refractivity contribution < 1.29 is 9.32 Å². The molecule has 1 fully saturated rings. The largest absolute Gasteiger partial charge is 0.360 e. The van der Waals surface area contributed by atoms with Crippen LogP contribution in [0.2, 0.25) is 0 Å². The lowest BCUT2D eigenvalue weighted by Crippen LogP contribution is -2.37. The summed E-state index contributed by atoms with van der Waals surface area (Å²) < 4.78 is 5.29. The maximum absolute atomic E-state index is 13.2. The lowest BCUT2D eigenvalue weighted by atomic mass is 9.95. The van der Waals surface area contributed by atoms with E-state index in [2.05, 4.69) is 5.16 Å². The van der Waals surface area contributed by atoms with Crippen LogP contribution in [0.15, 0.2) is 39.8 Å². The standard InChI is InChI=1S/C21H28N2O2S/c1-16-14-18(25-22-16)15-26-20-13-9-8-12-19(20)21(24)23(2)17-10-6-4-3-5-7-11-17/h8-9,12-14,17H,3-7,10-11,15H2,1-2H3. The molecule has 140 valence electrons. The van der Waals surface area contributed by atoms with Gasteiger partial charge in [-0.2, -0.15) is 0 Å². The van der Waals surface area contributed by atoms with Gasteiger partial charge in [0.25, 0.3) is 5.91 Å². The minimum absolute atomic E-state index is 0.132. The number of thioether (sulfide) groups is 1. The van der Waals surface area contributed by atoms with Gasteiger partial charge >= 0.3 is 0 Å². The number of aromatic nitrogens is 1. The minimum atomic E-state index is 0.132. The number of hydrogen-bond acceptors (Lipinski definition) is 4. The number of benzene rings is 1. The third-order valence-electron chi connectivity index (χ3n) is 5.11. The lowest BCUT2D eigenvalue weighted by molar-refractivity contribution is 0.0703. The molecule has 2 aromatic rings. The quantitative estimate of drug-likeness (QED) is 0.654. The molecule has 0 spiro atoms. The molecule has 1 saturated carbocycles. The van der Waals surface area contributed by atoms with Gasteiger partial charge < -0.3 is 9.42 Å². The SMILES string of the molecule is Cc1cc(CSc2ccccc2C(=O)N(C)C2CCCCCCC2)on1. The van der Waals surface area contributed by atoms with Gasteiger partial charge in [0.1, 0.15) is 5.76 Å². The first kappa shape index (κ1) is 19.0. The fourth-order valence-corrected chi connectivity index (χ4v) is 4.50. The molecular weight excluding hydrogens is 344 g/mol. The van der Waals surface area contributed by atoms with Crippen molar-refractivity contribution in [3.05, 3.63) is 47.3 Å². The summed E-state index contributed by atoms with van der Waals surface area (Å²) in [6.45, 7) is 1.92. The van der Waals surface area contributed by atoms with Gasteiger partial charge in [0.15, 0.2) is 0 Å². The zero-order chi connectivity index (χ0) is 18.4. The Morgan fingerprint density at radius 1 is 1.19 bits per heavy atom. The summed E-state index contributed by atoms with van der Waals surface area (Å²) >= 11 is 1.63. The van der Waals surface area contributed by atoms with Crippen LogP contribution in [-0.4, -0.2) is 29.1 Å². The molecule has 0 aliphatic heterocycles. The van der Waals surface area contributed by atoms with Crippen LogP contribution in [0.25, 0.3) is 0 Å². The van der Waals surface area contributed by atoms with Crippen LogP contribution >= 0.6 is 11.8 Å². The smallest absolute Gasteiger partial charge is 0.254 e. The molecule has 0 N–H and O–H groups in total. The summed E-state index contributed by atoms with van der Waals surface area (Å²) in [4.78, 5) is 16.1. The van der Waals surface area contributed by atoms with Gasteiger partial charge in [-0.3, -0.25) is 4.79 Å². The molecule has 1 aromatic heterocycles. The van der Waals surface area contributed by atoms with E-state index < -0.39 is 0 Å². The highest BCUT2D eigenvalue weighted by atomic mass is 32.2. The second-order valence-corrected chi connectivity index (χ2v) is 8.15. The van der Waals surface area contributed by atoms with Crippen molar-refractivity contribution in [1.82, 2.24) is 10.1 Å². The summed E-state index contributed by atoms with van der Waals surface area (Å²) in [5.74, 6) is 1.65. The monoisotopic (exact) mass is 372 g/mol. The van der Waals surface area contributed by atoms with Crippen molar-refractivity contribution in [2.45, 2.75) is 68.6 Å². The Morgan fingerprint density at radius 3 is 2.58 bits per heavy atom. The first-order valence-corrected chi connectivity index (χ1v) is 10.5. The van der Waals surface area contributed by atoms with Crippen LogP contribution in [-0.2, 0) is 5.75 Å². The molecule has 0 saturated heterocycles. The van der Waals surface area contributed by atoms with Crippen LogP contribution in [0.5, 0.6) is 0 Å². The van der Waals surface area contributed by atoms with Crippen molar-refractivity contribution in [2.24, 2.45) is 0 Å². The van der Waals surface area contributed by atoms with Gasteiger partial charge in [0.2, 0.25) is 0 Å². The molecule has 0 unspecified atom stereocenters. The molecule has 4 nitrogen and oxygen atoms in total. The first-order chi connectivity index (χ1) is 12.6. The number of carbonyl (C=O) groups excluding carboxylic acids is 1. The van der Waals surface area contributed by atoms with Crippen LogP contribution in [0.3, 0.4) is 0 Å². The Bertz CT molecular complexity index is 720. The molecule has 1 aliphatic carbocycles. The number of aryl methyl sites for hydroxylation is 1. The van der Waals surface area contributed by atoms with Gasteiger partial charge in [-0.05, 0) is 31.9 Å². The van der Waals surface area contributed by atoms with E-state index in [1.54, 1.807) is 11.8 Å². The second-order valence-electron chi connectivity index (χ2n) is 7.13. The second kappa shape index (κ2) is 9.26. The average molecular weight is 373 g/mol. The fraction of sp³-hybridized carbons (Fsp3) is 0.524. The molecule has 26 heavy (non-hydrogen) atoms. The molecule has 0 atom stereocenters.